The van der Waals surface area contributed by atoms with Gasteiger partial charge in [0.05, 0.1) is 0 Å². The van der Waals surface area contributed by atoms with Crippen molar-refractivity contribution < 1.29 is 8.78 Å². The summed E-state index contributed by atoms with van der Waals surface area (Å²) in [7, 11) is 0. The number of hydrogen-bond acceptors (Lipinski definition) is 0. The van der Waals surface area contributed by atoms with E-state index in [-0.39, 0.29) is 11.5 Å². The maximum Gasteiger partial charge on any atom is 0.264 e. The molecule has 0 amide bonds. The Kier molecular flexibility index (Phi) is 3.42. The van der Waals surface area contributed by atoms with Crippen LogP contribution in [0, 0.1) is 0 Å². The summed E-state index contributed by atoms with van der Waals surface area (Å²) in [5.41, 5.74) is 0.850. The van der Waals surface area contributed by atoms with E-state index in [2.05, 4.69) is 15.9 Å². The van der Waals surface area contributed by atoms with E-state index in [1.54, 1.807) is 12.1 Å². The van der Waals surface area contributed by atoms with Crippen molar-refractivity contribution in [3.8, 4) is 0 Å². The molecular formula is C10H11BrF2. The van der Waals surface area contributed by atoms with Crippen LogP contribution >= 0.6 is 15.9 Å². The summed E-state index contributed by atoms with van der Waals surface area (Å²) in [5.74, 6) is 0.126. The molecule has 0 saturated carbocycles. The first kappa shape index (κ1) is 10.6. The third-order valence-electron chi connectivity index (χ3n) is 1.91. The second-order valence-electron chi connectivity index (χ2n) is 3.23. The average Bonchev–Trinajstić information content (AvgIpc) is 2.03. The van der Waals surface area contributed by atoms with Crippen LogP contribution in [0.1, 0.15) is 37.3 Å². The fourth-order valence-corrected chi connectivity index (χ4v) is 1.62. The number of alkyl halides is 2. The number of hydrogen-bond donors (Lipinski definition) is 0. The molecule has 0 radical (unpaired) electrons. The van der Waals surface area contributed by atoms with Gasteiger partial charge in [0, 0.05) is 10.0 Å². The molecular weight excluding hydrogens is 238 g/mol. The van der Waals surface area contributed by atoms with Crippen LogP contribution in [-0.4, -0.2) is 0 Å². The van der Waals surface area contributed by atoms with E-state index >= 15 is 0 Å². The predicted molar refractivity (Wildman–Crippen MR) is 53.2 cm³/mol. The van der Waals surface area contributed by atoms with E-state index in [9.17, 15) is 8.78 Å². The molecule has 0 heterocycles. The summed E-state index contributed by atoms with van der Waals surface area (Å²) in [6.07, 6.45) is -2.38. The SMILES string of the molecule is CC(C)c1cc(Br)ccc1C(F)F. The molecule has 1 aromatic carbocycles. The van der Waals surface area contributed by atoms with Crippen LogP contribution in [0.25, 0.3) is 0 Å². The van der Waals surface area contributed by atoms with Gasteiger partial charge in [0.1, 0.15) is 0 Å². The first-order valence-corrected chi connectivity index (χ1v) is 4.89. The summed E-state index contributed by atoms with van der Waals surface area (Å²) < 4.78 is 25.9. The van der Waals surface area contributed by atoms with E-state index < -0.39 is 6.43 Å². The van der Waals surface area contributed by atoms with Gasteiger partial charge in [-0.2, -0.15) is 0 Å². The Bertz CT molecular complexity index is 295. The molecule has 1 rings (SSSR count). The fourth-order valence-electron chi connectivity index (χ4n) is 1.24. The van der Waals surface area contributed by atoms with Gasteiger partial charge in [-0.3, -0.25) is 0 Å². The maximum absolute atomic E-state index is 12.5. The van der Waals surface area contributed by atoms with Crippen molar-refractivity contribution in [3.05, 3.63) is 33.8 Å². The van der Waals surface area contributed by atoms with Gasteiger partial charge in [-0.05, 0) is 23.6 Å². The van der Waals surface area contributed by atoms with Crippen molar-refractivity contribution in [2.45, 2.75) is 26.2 Å². The van der Waals surface area contributed by atoms with E-state index in [1.807, 2.05) is 13.8 Å². The minimum absolute atomic E-state index is 0.126. The Labute approximate surface area is 85.1 Å². The highest BCUT2D eigenvalue weighted by Crippen LogP contribution is 2.30. The molecule has 0 aliphatic carbocycles. The van der Waals surface area contributed by atoms with Crippen LogP contribution < -0.4 is 0 Å². The Morgan fingerprint density at radius 3 is 2.23 bits per heavy atom. The zero-order valence-corrected chi connectivity index (χ0v) is 9.11. The third kappa shape index (κ3) is 2.50. The molecule has 0 N–H and O–H groups in total. The van der Waals surface area contributed by atoms with Crippen molar-refractivity contribution in [2.75, 3.05) is 0 Å². The summed E-state index contributed by atoms with van der Waals surface area (Å²) in [6.45, 7) is 3.82. The first-order chi connectivity index (χ1) is 6.02. The topological polar surface area (TPSA) is 0 Å². The molecule has 0 atom stereocenters. The molecule has 3 heteroatoms. The molecule has 0 fully saturated rings. The van der Waals surface area contributed by atoms with Crippen molar-refractivity contribution in [2.24, 2.45) is 0 Å². The molecule has 1 aromatic rings. The molecule has 72 valence electrons. The minimum atomic E-state index is -2.38. The Hall–Kier alpha value is -0.440. The fraction of sp³-hybridized carbons (Fsp3) is 0.400. The van der Waals surface area contributed by atoms with Crippen molar-refractivity contribution in [1.82, 2.24) is 0 Å². The zero-order valence-electron chi connectivity index (χ0n) is 7.52. The lowest BCUT2D eigenvalue weighted by molar-refractivity contribution is 0.150. The summed E-state index contributed by atoms with van der Waals surface area (Å²) in [5, 5.41) is 0. The van der Waals surface area contributed by atoms with Crippen LogP contribution in [-0.2, 0) is 0 Å². The normalized spacial score (nSPS) is 11.3. The van der Waals surface area contributed by atoms with Gasteiger partial charge < -0.3 is 0 Å². The van der Waals surface area contributed by atoms with Crippen LogP contribution in [0.5, 0.6) is 0 Å². The van der Waals surface area contributed by atoms with Crippen LogP contribution in [0.3, 0.4) is 0 Å². The molecule has 0 saturated heterocycles. The second kappa shape index (κ2) is 4.18. The van der Waals surface area contributed by atoms with Gasteiger partial charge in [-0.1, -0.05) is 35.8 Å². The minimum Gasteiger partial charge on any atom is -0.205 e. The third-order valence-corrected chi connectivity index (χ3v) is 2.40. The van der Waals surface area contributed by atoms with Gasteiger partial charge in [-0.15, -0.1) is 0 Å². The summed E-state index contributed by atoms with van der Waals surface area (Å²) in [6, 6.07) is 4.88. The van der Waals surface area contributed by atoms with Crippen LogP contribution in [0.2, 0.25) is 0 Å². The van der Waals surface area contributed by atoms with Gasteiger partial charge in [-0.25, -0.2) is 8.78 Å². The van der Waals surface area contributed by atoms with Gasteiger partial charge >= 0.3 is 0 Å². The standard InChI is InChI=1S/C10H11BrF2/c1-6(2)9-5-7(11)3-4-8(9)10(12)13/h3-6,10H,1-2H3. The molecule has 0 unspecified atom stereocenters. The van der Waals surface area contributed by atoms with E-state index in [0.717, 1.165) is 4.47 Å². The number of rotatable bonds is 2. The lowest BCUT2D eigenvalue weighted by Crippen LogP contribution is -1.96. The van der Waals surface area contributed by atoms with Crippen molar-refractivity contribution in [3.63, 3.8) is 0 Å². The monoisotopic (exact) mass is 248 g/mol. The lowest BCUT2D eigenvalue weighted by atomic mass is 9.98. The van der Waals surface area contributed by atoms with E-state index in [0.29, 0.717) is 5.56 Å². The van der Waals surface area contributed by atoms with E-state index in [1.165, 1.54) is 6.07 Å². The largest absolute Gasteiger partial charge is 0.264 e. The highest BCUT2D eigenvalue weighted by molar-refractivity contribution is 9.10. The van der Waals surface area contributed by atoms with Gasteiger partial charge in [0.25, 0.3) is 6.43 Å². The zero-order chi connectivity index (χ0) is 10.0. The van der Waals surface area contributed by atoms with Gasteiger partial charge in [0.15, 0.2) is 0 Å². The second-order valence-corrected chi connectivity index (χ2v) is 4.14. The highest BCUT2D eigenvalue weighted by atomic mass is 79.9. The smallest absolute Gasteiger partial charge is 0.205 e. The lowest BCUT2D eigenvalue weighted by Gasteiger charge is -2.12. The summed E-state index contributed by atoms with van der Waals surface area (Å²) in [4.78, 5) is 0. The quantitative estimate of drug-likeness (QED) is 0.723. The molecule has 0 aliphatic rings. The molecule has 0 spiro atoms. The molecule has 0 bridgehead atoms. The van der Waals surface area contributed by atoms with Crippen LogP contribution in [0.15, 0.2) is 22.7 Å². The summed E-state index contributed by atoms with van der Waals surface area (Å²) >= 11 is 3.27. The maximum atomic E-state index is 12.5. The Morgan fingerprint density at radius 2 is 1.77 bits per heavy atom. The number of benzene rings is 1. The Balaban J connectivity index is 3.19. The molecule has 13 heavy (non-hydrogen) atoms. The van der Waals surface area contributed by atoms with Crippen molar-refractivity contribution >= 4 is 15.9 Å². The predicted octanol–water partition coefficient (Wildman–Crippen LogP) is 4.51. The highest BCUT2D eigenvalue weighted by Gasteiger charge is 2.14. The average molecular weight is 249 g/mol. The number of halogens is 3. The molecule has 0 aromatic heterocycles. The van der Waals surface area contributed by atoms with Crippen LogP contribution in [0.4, 0.5) is 8.78 Å². The van der Waals surface area contributed by atoms with Crippen molar-refractivity contribution in [1.29, 1.82) is 0 Å². The Morgan fingerprint density at radius 1 is 1.15 bits per heavy atom. The van der Waals surface area contributed by atoms with E-state index in [4.69, 9.17) is 0 Å². The molecule has 0 aliphatic heterocycles. The first-order valence-electron chi connectivity index (χ1n) is 4.10. The van der Waals surface area contributed by atoms with Gasteiger partial charge in [0.2, 0.25) is 0 Å². The molecule has 0 nitrogen and oxygen atoms in total.